The molecule has 0 heterocycles. The van der Waals surface area contributed by atoms with Crippen LogP contribution in [0.2, 0.25) is 0 Å². The van der Waals surface area contributed by atoms with Gasteiger partial charge in [0.25, 0.3) is 0 Å². The van der Waals surface area contributed by atoms with Gasteiger partial charge < -0.3 is 10.2 Å². The Balaban J connectivity index is 2.01. The lowest BCUT2D eigenvalue weighted by Crippen LogP contribution is -2.33. The van der Waals surface area contributed by atoms with E-state index in [1.54, 1.807) is 12.1 Å². The molecule has 2 aromatic carbocycles. The molecular weight excluding hydrogens is 255 g/mol. The molecule has 0 atom stereocenters. The van der Waals surface area contributed by atoms with Crippen molar-refractivity contribution in [1.29, 1.82) is 0 Å². The molecule has 0 bridgehead atoms. The van der Waals surface area contributed by atoms with Crippen molar-refractivity contribution in [1.82, 2.24) is 0 Å². The Morgan fingerprint density at radius 3 is 2.55 bits per heavy atom. The van der Waals surface area contributed by atoms with Crippen molar-refractivity contribution in [2.75, 3.05) is 23.3 Å². The fourth-order valence-electron chi connectivity index (χ4n) is 1.95. The molecule has 0 radical (unpaired) electrons. The lowest BCUT2D eigenvalue weighted by Gasteiger charge is -2.22. The summed E-state index contributed by atoms with van der Waals surface area (Å²) in [6, 6.07) is 15.5. The number of hydrogen-bond acceptors (Lipinski definition) is 2. The van der Waals surface area contributed by atoms with Gasteiger partial charge in [-0.1, -0.05) is 24.3 Å². The van der Waals surface area contributed by atoms with Crippen LogP contribution in [0, 0.1) is 5.82 Å². The van der Waals surface area contributed by atoms with Crippen molar-refractivity contribution in [3.8, 4) is 0 Å². The van der Waals surface area contributed by atoms with Crippen molar-refractivity contribution < 1.29 is 9.18 Å². The van der Waals surface area contributed by atoms with E-state index in [-0.39, 0.29) is 18.3 Å². The summed E-state index contributed by atoms with van der Waals surface area (Å²) in [5.41, 5.74) is 1.46. The minimum atomic E-state index is -0.301. The summed E-state index contributed by atoms with van der Waals surface area (Å²) in [7, 11) is 0. The number of benzene rings is 2. The zero-order valence-corrected chi connectivity index (χ0v) is 11.3. The fourth-order valence-corrected chi connectivity index (χ4v) is 1.95. The fraction of sp³-hybridized carbons (Fsp3) is 0.188. The second-order valence-electron chi connectivity index (χ2n) is 4.41. The van der Waals surface area contributed by atoms with Crippen LogP contribution in [0.15, 0.2) is 54.6 Å². The van der Waals surface area contributed by atoms with Crippen molar-refractivity contribution >= 4 is 17.3 Å². The number of nitrogens with one attached hydrogen (secondary N) is 1. The van der Waals surface area contributed by atoms with E-state index in [2.05, 4.69) is 5.32 Å². The van der Waals surface area contributed by atoms with Gasteiger partial charge in [-0.2, -0.15) is 0 Å². The van der Waals surface area contributed by atoms with Gasteiger partial charge in [-0.05, 0) is 37.3 Å². The van der Waals surface area contributed by atoms with E-state index in [9.17, 15) is 9.18 Å². The van der Waals surface area contributed by atoms with Crippen LogP contribution in [0.1, 0.15) is 6.92 Å². The average molecular weight is 272 g/mol. The van der Waals surface area contributed by atoms with Gasteiger partial charge in [-0.3, -0.25) is 4.79 Å². The quantitative estimate of drug-likeness (QED) is 0.905. The number of hydrogen-bond donors (Lipinski definition) is 1. The molecule has 0 saturated heterocycles. The molecule has 1 amide bonds. The Kier molecular flexibility index (Phi) is 4.71. The van der Waals surface area contributed by atoms with Gasteiger partial charge in [0.05, 0.1) is 6.54 Å². The number of para-hydroxylation sites is 1. The monoisotopic (exact) mass is 272 g/mol. The Morgan fingerprint density at radius 2 is 1.90 bits per heavy atom. The summed E-state index contributed by atoms with van der Waals surface area (Å²) in [5, 5.41) is 2.82. The van der Waals surface area contributed by atoms with Crippen molar-refractivity contribution in [3.63, 3.8) is 0 Å². The molecule has 0 aliphatic heterocycles. The molecule has 0 saturated carbocycles. The molecule has 0 aliphatic rings. The van der Waals surface area contributed by atoms with E-state index < -0.39 is 0 Å². The van der Waals surface area contributed by atoms with Gasteiger partial charge in [-0.25, -0.2) is 4.39 Å². The van der Waals surface area contributed by atoms with Crippen LogP contribution in [-0.2, 0) is 4.79 Å². The summed E-state index contributed by atoms with van der Waals surface area (Å²) in [5.74, 6) is -0.424. The standard InChI is InChI=1S/C16H17FN2O/c1-2-19(15-10-6-7-13(17)11-15)12-16(20)18-14-8-4-3-5-9-14/h3-11H,2,12H2,1H3,(H,18,20). The number of likely N-dealkylation sites (N-methyl/N-ethyl adjacent to an activating group) is 1. The smallest absolute Gasteiger partial charge is 0.243 e. The van der Waals surface area contributed by atoms with Gasteiger partial charge in [0.1, 0.15) is 5.82 Å². The summed E-state index contributed by atoms with van der Waals surface area (Å²) >= 11 is 0. The van der Waals surface area contributed by atoms with Crippen molar-refractivity contribution in [2.45, 2.75) is 6.92 Å². The Labute approximate surface area is 118 Å². The number of amides is 1. The van der Waals surface area contributed by atoms with Gasteiger partial charge in [0, 0.05) is 17.9 Å². The second-order valence-corrected chi connectivity index (χ2v) is 4.41. The molecule has 0 aromatic heterocycles. The number of nitrogens with zero attached hydrogens (tertiary/aromatic N) is 1. The largest absolute Gasteiger partial charge is 0.362 e. The summed E-state index contributed by atoms with van der Waals surface area (Å²) in [6.07, 6.45) is 0. The van der Waals surface area contributed by atoms with Crippen LogP contribution in [0.3, 0.4) is 0 Å². The van der Waals surface area contributed by atoms with E-state index in [0.717, 1.165) is 5.69 Å². The Hall–Kier alpha value is -2.36. The Bertz CT molecular complexity index is 572. The first-order chi connectivity index (χ1) is 9.69. The third-order valence-corrected chi connectivity index (χ3v) is 2.95. The molecule has 0 fully saturated rings. The number of carbonyl (C=O) groups is 1. The predicted molar refractivity (Wildman–Crippen MR) is 79.4 cm³/mol. The van der Waals surface area contributed by atoms with E-state index in [0.29, 0.717) is 12.2 Å². The van der Waals surface area contributed by atoms with E-state index in [1.807, 2.05) is 42.2 Å². The molecule has 104 valence electrons. The van der Waals surface area contributed by atoms with Gasteiger partial charge in [-0.15, -0.1) is 0 Å². The first-order valence-corrected chi connectivity index (χ1v) is 6.54. The summed E-state index contributed by atoms with van der Waals surface area (Å²) in [4.78, 5) is 13.8. The second kappa shape index (κ2) is 6.70. The number of rotatable bonds is 5. The highest BCUT2D eigenvalue weighted by Crippen LogP contribution is 2.15. The first-order valence-electron chi connectivity index (χ1n) is 6.54. The van der Waals surface area contributed by atoms with Gasteiger partial charge >= 0.3 is 0 Å². The van der Waals surface area contributed by atoms with Crippen LogP contribution >= 0.6 is 0 Å². The zero-order valence-electron chi connectivity index (χ0n) is 11.3. The minimum Gasteiger partial charge on any atom is -0.362 e. The van der Waals surface area contributed by atoms with Crippen molar-refractivity contribution in [3.05, 3.63) is 60.4 Å². The van der Waals surface area contributed by atoms with Gasteiger partial charge in [0.15, 0.2) is 0 Å². The maximum absolute atomic E-state index is 13.2. The normalized spacial score (nSPS) is 10.1. The number of anilines is 2. The van der Waals surface area contributed by atoms with Crippen LogP contribution in [0.4, 0.5) is 15.8 Å². The SMILES string of the molecule is CCN(CC(=O)Nc1ccccc1)c1cccc(F)c1. The van der Waals surface area contributed by atoms with E-state index in [1.165, 1.54) is 12.1 Å². The molecule has 20 heavy (non-hydrogen) atoms. The molecule has 0 aliphatic carbocycles. The van der Waals surface area contributed by atoms with Gasteiger partial charge in [0.2, 0.25) is 5.91 Å². The van der Waals surface area contributed by atoms with E-state index in [4.69, 9.17) is 0 Å². The highest BCUT2D eigenvalue weighted by atomic mass is 19.1. The lowest BCUT2D eigenvalue weighted by molar-refractivity contribution is -0.115. The summed E-state index contributed by atoms with van der Waals surface area (Å²) < 4.78 is 13.2. The molecule has 0 spiro atoms. The maximum atomic E-state index is 13.2. The zero-order chi connectivity index (χ0) is 14.4. The molecule has 2 aromatic rings. The molecule has 3 nitrogen and oxygen atoms in total. The highest BCUT2D eigenvalue weighted by Gasteiger charge is 2.10. The number of halogens is 1. The topological polar surface area (TPSA) is 32.3 Å². The van der Waals surface area contributed by atoms with Crippen molar-refractivity contribution in [2.24, 2.45) is 0 Å². The third kappa shape index (κ3) is 3.82. The minimum absolute atomic E-state index is 0.123. The Morgan fingerprint density at radius 1 is 1.15 bits per heavy atom. The van der Waals surface area contributed by atoms with Crippen LogP contribution in [0.25, 0.3) is 0 Å². The summed E-state index contributed by atoms with van der Waals surface area (Å²) in [6.45, 7) is 2.75. The average Bonchev–Trinajstić information content (AvgIpc) is 2.46. The molecule has 2 rings (SSSR count). The van der Waals surface area contributed by atoms with E-state index >= 15 is 0 Å². The van der Waals surface area contributed by atoms with Crippen LogP contribution in [-0.4, -0.2) is 19.0 Å². The maximum Gasteiger partial charge on any atom is 0.243 e. The molecule has 4 heteroatoms. The molecular formula is C16H17FN2O. The highest BCUT2D eigenvalue weighted by molar-refractivity contribution is 5.94. The molecule has 1 N–H and O–H groups in total. The first kappa shape index (κ1) is 14.1. The lowest BCUT2D eigenvalue weighted by atomic mass is 10.2. The van der Waals surface area contributed by atoms with Crippen LogP contribution < -0.4 is 10.2 Å². The third-order valence-electron chi connectivity index (χ3n) is 2.95. The van der Waals surface area contributed by atoms with Crippen LogP contribution in [0.5, 0.6) is 0 Å². The predicted octanol–water partition coefficient (Wildman–Crippen LogP) is 3.29. The number of carbonyl (C=O) groups excluding carboxylic acids is 1. The molecule has 0 unspecified atom stereocenters.